The molecule has 1 aliphatic heterocycles. The smallest absolute Gasteiger partial charge is 0.348 e. The van der Waals surface area contributed by atoms with Gasteiger partial charge in [-0.3, -0.25) is 14.4 Å². The van der Waals surface area contributed by atoms with Crippen molar-refractivity contribution in [2.45, 2.75) is 58.2 Å². The summed E-state index contributed by atoms with van der Waals surface area (Å²) in [6, 6.07) is 9.73. The molecule has 0 bridgehead atoms. The Morgan fingerprint density at radius 1 is 1.35 bits per heavy atom. The molecule has 1 fully saturated rings. The molecular weight excluding hydrogens is 430 g/mol. The molecule has 174 valence electrons. The van der Waals surface area contributed by atoms with Gasteiger partial charge in [0.2, 0.25) is 11.6 Å². The molecule has 1 saturated heterocycles. The Morgan fingerprint density at radius 2 is 2.06 bits per heavy atom. The highest BCUT2D eigenvalue weighted by Crippen LogP contribution is 2.34. The molecule has 3 N–H and O–H groups in total. The highest BCUT2D eigenvalue weighted by atomic mass is 32.2. The van der Waals surface area contributed by atoms with Gasteiger partial charge in [0.1, 0.15) is 0 Å². The fraction of sp³-hybridized carbons (Fsp3) is 0.652. The number of hydrogen-bond acceptors (Lipinski definition) is 7. The first-order chi connectivity index (χ1) is 14.8. The summed E-state index contributed by atoms with van der Waals surface area (Å²) in [5.41, 5.74) is 5.96. The maximum atomic E-state index is 13.7. The molecule has 1 heterocycles. The fourth-order valence-electron chi connectivity index (χ4n) is 3.46. The topological polar surface area (TPSA) is 84.7 Å². The average Bonchev–Trinajstić information content (AvgIpc) is 3.15. The maximum absolute atomic E-state index is 13.7. The Labute approximate surface area is 196 Å². The molecular formula is C23H37N3O3S2. The monoisotopic (exact) mass is 467 g/mol. The molecule has 2 unspecified atom stereocenters. The van der Waals surface area contributed by atoms with Crippen LogP contribution in [0.1, 0.15) is 45.6 Å². The maximum Gasteiger partial charge on any atom is 0.348 e. The summed E-state index contributed by atoms with van der Waals surface area (Å²) in [5, 5.41) is 3.28. The van der Waals surface area contributed by atoms with Gasteiger partial charge in [0.25, 0.3) is 0 Å². The van der Waals surface area contributed by atoms with Crippen molar-refractivity contribution in [2.75, 3.05) is 24.7 Å². The number of amides is 1. The second kappa shape index (κ2) is 12.7. The summed E-state index contributed by atoms with van der Waals surface area (Å²) in [5.74, 6) is 1.05. The number of cyclic esters (lactones) is 1. The van der Waals surface area contributed by atoms with Crippen LogP contribution in [-0.2, 0) is 20.7 Å². The summed E-state index contributed by atoms with van der Waals surface area (Å²) in [6.07, 6.45) is 3.08. The number of esters is 1. The quantitative estimate of drug-likeness (QED) is 0.179. The van der Waals surface area contributed by atoms with Crippen LogP contribution in [0.4, 0.5) is 0 Å². The number of carbonyl (C=O) groups is 2. The second-order valence-corrected chi connectivity index (χ2v) is 9.83. The lowest BCUT2D eigenvalue weighted by Crippen LogP contribution is -2.64. The van der Waals surface area contributed by atoms with E-state index in [0.29, 0.717) is 31.1 Å². The number of thiol groups is 1. The Balaban J connectivity index is 2.25. The van der Waals surface area contributed by atoms with Gasteiger partial charge in [-0.25, -0.2) is 4.79 Å². The minimum atomic E-state index is -1.19. The Morgan fingerprint density at radius 3 is 2.65 bits per heavy atom. The van der Waals surface area contributed by atoms with Crippen LogP contribution in [-0.4, -0.2) is 52.5 Å². The predicted molar refractivity (Wildman–Crippen MR) is 131 cm³/mol. The average molecular weight is 468 g/mol. The van der Waals surface area contributed by atoms with Crippen LogP contribution in [0.15, 0.2) is 30.3 Å². The molecule has 0 saturated carbocycles. The van der Waals surface area contributed by atoms with Gasteiger partial charge in [0.05, 0.1) is 6.61 Å². The molecule has 0 spiro atoms. The molecule has 6 nitrogen and oxygen atoms in total. The van der Waals surface area contributed by atoms with E-state index in [-0.39, 0.29) is 24.5 Å². The third-order valence-corrected chi connectivity index (χ3v) is 7.44. The summed E-state index contributed by atoms with van der Waals surface area (Å²) < 4.78 is 7.00. The van der Waals surface area contributed by atoms with Crippen molar-refractivity contribution in [2.24, 2.45) is 17.6 Å². The predicted octanol–water partition coefficient (Wildman–Crippen LogP) is 3.27. The lowest BCUT2D eigenvalue weighted by Gasteiger charge is -2.39. The number of ether oxygens (including phenoxy) is 1. The Kier molecular flexibility index (Phi) is 10.7. The number of hydrogen-bond donors (Lipinski definition) is 3. The van der Waals surface area contributed by atoms with Crippen LogP contribution in [0.25, 0.3) is 0 Å². The molecule has 0 aromatic heterocycles. The number of nitrogens with two attached hydrogens (primary N) is 1. The fourth-order valence-corrected chi connectivity index (χ4v) is 5.04. The van der Waals surface area contributed by atoms with E-state index in [9.17, 15) is 9.59 Å². The number of nitrogens with one attached hydrogen (secondary N) is 1. The molecule has 1 aromatic carbocycles. The zero-order valence-corrected chi connectivity index (χ0v) is 20.6. The van der Waals surface area contributed by atoms with Gasteiger partial charge in [0.15, 0.2) is 0 Å². The first-order valence-corrected chi connectivity index (χ1v) is 12.7. The first-order valence-electron chi connectivity index (χ1n) is 11.1. The van der Waals surface area contributed by atoms with Crippen LogP contribution >= 0.6 is 24.6 Å². The lowest BCUT2D eigenvalue weighted by atomic mass is 9.98. The van der Waals surface area contributed by atoms with Crippen LogP contribution < -0.4 is 11.1 Å². The summed E-state index contributed by atoms with van der Waals surface area (Å²) >= 11 is 5.68. The van der Waals surface area contributed by atoms with Gasteiger partial charge in [-0.1, -0.05) is 57.5 Å². The number of carbonyl (C=O) groups excluding carboxylic acids is 2. The zero-order valence-electron chi connectivity index (χ0n) is 18.9. The van der Waals surface area contributed by atoms with Gasteiger partial charge < -0.3 is 10.5 Å². The Bertz CT molecular complexity index is 707. The highest BCUT2D eigenvalue weighted by molar-refractivity contribution is 7.97. The zero-order chi connectivity index (χ0) is 22.9. The summed E-state index contributed by atoms with van der Waals surface area (Å²) in [6.45, 7) is 6.95. The summed E-state index contributed by atoms with van der Waals surface area (Å²) in [4.78, 5) is 26.6. The van der Waals surface area contributed by atoms with E-state index in [1.807, 2.05) is 37.3 Å². The van der Waals surface area contributed by atoms with Gasteiger partial charge in [-0.2, -0.15) is 12.6 Å². The van der Waals surface area contributed by atoms with Crippen LogP contribution in [0.3, 0.4) is 0 Å². The van der Waals surface area contributed by atoms with E-state index in [4.69, 9.17) is 10.5 Å². The van der Waals surface area contributed by atoms with Crippen molar-refractivity contribution in [3.8, 4) is 0 Å². The molecule has 8 heteroatoms. The van der Waals surface area contributed by atoms with Gasteiger partial charge in [-0.15, -0.1) is 0 Å². The van der Waals surface area contributed by atoms with Crippen LogP contribution in [0, 0.1) is 11.8 Å². The van der Waals surface area contributed by atoms with Crippen LogP contribution in [0.2, 0.25) is 0 Å². The van der Waals surface area contributed by atoms with Gasteiger partial charge in [0, 0.05) is 36.4 Å². The molecule has 2 rings (SSSR count). The third kappa shape index (κ3) is 7.14. The number of nitrogens with zero attached hydrogens (tertiary/aromatic N) is 1. The van der Waals surface area contributed by atoms with Gasteiger partial charge in [-0.05, 0) is 36.3 Å². The van der Waals surface area contributed by atoms with Crippen molar-refractivity contribution < 1.29 is 14.3 Å². The molecule has 31 heavy (non-hydrogen) atoms. The van der Waals surface area contributed by atoms with E-state index in [1.54, 1.807) is 4.31 Å². The lowest BCUT2D eigenvalue weighted by molar-refractivity contribution is -0.152. The van der Waals surface area contributed by atoms with E-state index in [0.717, 1.165) is 24.2 Å². The minimum Gasteiger partial charge on any atom is -0.463 e. The minimum absolute atomic E-state index is 0.0659. The Hall–Kier alpha value is -1.22. The SMILES string of the molecule is CC[C@H](C)CCSN(C(=O)C(C)Cc1ccccc1)[C@@]1(NCC(N)CS)CCOC1=O. The van der Waals surface area contributed by atoms with Crippen LogP contribution in [0.5, 0.6) is 0 Å². The molecule has 1 amide bonds. The van der Waals surface area contributed by atoms with E-state index < -0.39 is 11.6 Å². The summed E-state index contributed by atoms with van der Waals surface area (Å²) in [7, 11) is 0. The van der Waals surface area contributed by atoms with Crippen molar-refractivity contribution in [1.29, 1.82) is 0 Å². The second-order valence-electron chi connectivity index (χ2n) is 8.43. The van der Waals surface area contributed by atoms with E-state index in [2.05, 4.69) is 31.8 Å². The normalized spacial score (nSPS) is 21.4. The molecule has 0 radical (unpaired) electrons. The number of rotatable bonds is 13. The first kappa shape index (κ1) is 26.0. The molecule has 0 aliphatic carbocycles. The standard InChI is InChI=1S/C23H37N3O3S2/c1-4-17(2)10-13-31-26(21(27)18(3)14-19-8-6-5-7-9-19)23(11-12-29-22(23)28)25-15-20(24)16-30/h5-9,17-18,20,25,30H,4,10-16,24H2,1-3H3/t17-,18?,20?,23-/m0/s1. The molecule has 4 atom stereocenters. The molecule has 1 aliphatic rings. The third-order valence-electron chi connectivity index (χ3n) is 5.81. The number of benzene rings is 1. The van der Waals surface area contributed by atoms with Crippen molar-refractivity contribution in [1.82, 2.24) is 9.62 Å². The molecule has 1 aromatic rings. The van der Waals surface area contributed by atoms with Crippen molar-refractivity contribution in [3.05, 3.63) is 35.9 Å². The van der Waals surface area contributed by atoms with Gasteiger partial charge >= 0.3 is 5.97 Å². The van der Waals surface area contributed by atoms with E-state index >= 15 is 0 Å². The van der Waals surface area contributed by atoms with Crippen molar-refractivity contribution in [3.63, 3.8) is 0 Å². The van der Waals surface area contributed by atoms with Crippen molar-refractivity contribution >= 4 is 36.5 Å². The highest BCUT2D eigenvalue weighted by Gasteiger charge is 2.52. The largest absolute Gasteiger partial charge is 0.463 e. The van der Waals surface area contributed by atoms with E-state index in [1.165, 1.54) is 11.9 Å².